The third-order valence-electron chi connectivity index (χ3n) is 9.19. The smallest absolute Gasteiger partial charge is 0.310 e. The van der Waals surface area contributed by atoms with Gasteiger partial charge in [-0.25, -0.2) is 0 Å². The summed E-state index contributed by atoms with van der Waals surface area (Å²) in [5.41, 5.74) is 4.71. The van der Waals surface area contributed by atoms with Crippen molar-refractivity contribution in [3.05, 3.63) is 89.7 Å². The van der Waals surface area contributed by atoms with Crippen molar-refractivity contribution in [2.45, 2.75) is 64.5 Å². The van der Waals surface area contributed by atoms with Crippen molar-refractivity contribution in [2.24, 2.45) is 0 Å². The van der Waals surface area contributed by atoms with Crippen LogP contribution in [0.25, 0.3) is 11.1 Å². The molecule has 258 valence electrons. The number of ether oxygens (including phenoxy) is 1. The molecule has 9 heteroatoms. The number of likely N-dealkylation sites (N-methyl/N-ethyl adjacent to an activating group) is 1. The highest BCUT2D eigenvalue weighted by atomic mass is 16.5. The number of benzene rings is 2. The van der Waals surface area contributed by atoms with Crippen molar-refractivity contribution in [2.75, 3.05) is 60.4 Å². The molecular formula is C39H53N5O4. The molecule has 0 N–H and O–H groups in total. The summed E-state index contributed by atoms with van der Waals surface area (Å²) < 4.78 is 5.88. The molecule has 1 fully saturated rings. The van der Waals surface area contributed by atoms with Gasteiger partial charge in [-0.1, -0.05) is 67.1 Å². The number of pyridine rings is 1. The summed E-state index contributed by atoms with van der Waals surface area (Å²) in [5.74, 6) is -0.0434. The van der Waals surface area contributed by atoms with Crippen LogP contribution in [0.5, 0.6) is 0 Å². The molecule has 1 aliphatic heterocycles. The third kappa shape index (κ3) is 11.6. The van der Waals surface area contributed by atoms with Gasteiger partial charge in [0.25, 0.3) is 5.91 Å². The molecule has 4 rings (SSSR count). The van der Waals surface area contributed by atoms with E-state index < -0.39 is 0 Å². The predicted molar refractivity (Wildman–Crippen MR) is 190 cm³/mol. The van der Waals surface area contributed by atoms with Crippen LogP contribution in [0.2, 0.25) is 0 Å². The number of hydrogen-bond acceptors (Lipinski definition) is 7. The van der Waals surface area contributed by atoms with Crippen LogP contribution in [0.15, 0.2) is 72.9 Å². The van der Waals surface area contributed by atoms with Gasteiger partial charge in [0, 0.05) is 66.0 Å². The molecular weight excluding hydrogens is 602 g/mol. The van der Waals surface area contributed by atoms with E-state index in [1.54, 1.807) is 24.2 Å². The highest BCUT2D eigenvalue weighted by Gasteiger charge is 2.23. The molecule has 1 saturated heterocycles. The summed E-state index contributed by atoms with van der Waals surface area (Å²) in [5, 5.41) is 0. The van der Waals surface area contributed by atoms with Gasteiger partial charge in [-0.3, -0.25) is 19.4 Å². The number of likely N-dealkylation sites (tertiary alicyclic amines) is 1. The molecule has 0 saturated carbocycles. The topological polar surface area (TPSA) is 86.3 Å². The van der Waals surface area contributed by atoms with E-state index >= 15 is 0 Å². The Labute approximate surface area is 286 Å². The van der Waals surface area contributed by atoms with Gasteiger partial charge in [-0.15, -0.1) is 0 Å². The summed E-state index contributed by atoms with van der Waals surface area (Å²) in [6.45, 7) is 7.57. The van der Waals surface area contributed by atoms with Crippen molar-refractivity contribution in [3.8, 4) is 11.1 Å². The number of piperidine rings is 1. The summed E-state index contributed by atoms with van der Waals surface area (Å²) in [6.07, 6.45) is 7.10. The Morgan fingerprint density at radius 1 is 0.854 bits per heavy atom. The Balaban J connectivity index is 1.05. The Morgan fingerprint density at radius 2 is 1.58 bits per heavy atom. The maximum Gasteiger partial charge on any atom is 0.310 e. The number of nitrogens with zero attached hydrogens (tertiary/aromatic N) is 5. The van der Waals surface area contributed by atoms with Crippen LogP contribution >= 0.6 is 0 Å². The number of hydrogen-bond donors (Lipinski definition) is 0. The van der Waals surface area contributed by atoms with Gasteiger partial charge in [0.15, 0.2) is 0 Å². The first kappa shape index (κ1) is 36.8. The van der Waals surface area contributed by atoms with Crippen molar-refractivity contribution in [1.29, 1.82) is 0 Å². The number of amides is 2. The number of esters is 1. The van der Waals surface area contributed by atoms with E-state index in [2.05, 4.69) is 40.0 Å². The highest BCUT2D eigenvalue weighted by molar-refractivity contribution is 5.92. The van der Waals surface area contributed by atoms with Crippen LogP contribution < -0.4 is 0 Å². The second-order valence-corrected chi connectivity index (χ2v) is 13.0. The van der Waals surface area contributed by atoms with Crippen LogP contribution in [0, 0.1) is 0 Å². The Kier molecular flexibility index (Phi) is 14.6. The van der Waals surface area contributed by atoms with Crippen molar-refractivity contribution >= 4 is 17.8 Å². The zero-order valence-corrected chi connectivity index (χ0v) is 29.3. The molecule has 2 amide bonds. The molecule has 0 atom stereocenters. The number of carbonyl (C=O) groups is 3. The van der Waals surface area contributed by atoms with Gasteiger partial charge in [-0.05, 0) is 74.5 Å². The summed E-state index contributed by atoms with van der Waals surface area (Å²) in [4.78, 5) is 50.3. The minimum atomic E-state index is -0.175. The normalized spacial score (nSPS) is 13.8. The number of carbonyl (C=O) groups excluding carboxylic acids is 3. The van der Waals surface area contributed by atoms with E-state index in [-0.39, 0.29) is 30.3 Å². The quantitative estimate of drug-likeness (QED) is 0.139. The molecule has 9 nitrogen and oxygen atoms in total. The first-order chi connectivity index (χ1) is 23.2. The van der Waals surface area contributed by atoms with Gasteiger partial charge in [-0.2, -0.15) is 0 Å². The fourth-order valence-corrected chi connectivity index (χ4v) is 6.02. The van der Waals surface area contributed by atoms with Crippen molar-refractivity contribution in [3.63, 3.8) is 0 Å². The molecule has 48 heavy (non-hydrogen) atoms. The molecule has 1 aromatic heterocycles. The highest BCUT2D eigenvalue weighted by Crippen LogP contribution is 2.24. The molecule has 0 aliphatic carbocycles. The number of aromatic nitrogens is 1. The van der Waals surface area contributed by atoms with E-state index in [4.69, 9.17) is 4.74 Å². The predicted octanol–water partition coefficient (Wildman–Crippen LogP) is 5.54. The lowest BCUT2D eigenvalue weighted by atomic mass is 9.98. The fraction of sp³-hybridized carbons (Fsp3) is 0.487. The zero-order chi connectivity index (χ0) is 34.3. The number of unbranched alkanes of at least 4 members (excludes halogenated alkanes) is 2. The van der Waals surface area contributed by atoms with Gasteiger partial charge < -0.3 is 24.3 Å². The molecule has 1 aliphatic rings. The molecule has 0 radical (unpaired) electrons. The minimum Gasteiger partial charge on any atom is -0.462 e. The van der Waals surface area contributed by atoms with E-state index in [1.807, 2.05) is 61.3 Å². The van der Waals surface area contributed by atoms with Gasteiger partial charge in [0.1, 0.15) is 11.8 Å². The monoisotopic (exact) mass is 655 g/mol. The largest absolute Gasteiger partial charge is 0.462 e. The third-order valence-corrected chi connectivity index (χ3v) is 9.19. The second-order valence-electron chi connectivity index (χ2n) is 13.0. The molecule has 3 aromatic rings. The summed E-state index contributed by atoms with van der Waals surface area (Å²) in [7, 11) is 5.76. The second kappa shape index (κ2) is 19.1. The lowest BCUT2D eigenvalue weighted by Crippen LogP contribution is -2.42. The maximum absolute atomic E-state index is 12.8. The molecule has 2 aromatic carbocycles. The summed E-state index contributed by atoms with van der Waals surface area (Å²) >= 11 is 0. The van der Waals surface area contributed by atoms with Crippen LogP contribution in [0.1, 0.15) is 67.1 Å². The van der Waals surface area contributed by atoms with E-state index in [1.165, 1.54) is 0 Å². The standard InChI is InChI=1S/C39H53N5O4/c1-5-42(3)39(47)36-20-19-31(29-40-36)30-41(2)23-13-7-10-18-37(45)43(4)26-27-44-24-21-34(22-25-44)48-38(46)28-33-16-11-12-17-35(33)32-14-8-6-9-15-32/h6,8-9,11-12,14-17,19-20,29,34H,5,7,10,13,18,21-28,30H2,1-4H3. The molecule has 0 bridgehead atoms. The number of rotatable bonds is 17. The lowest BCUT2D eigenvalue weighted by molar-refractivity contribution is -0.150. The molecule has 0 spiro atoms. The fourth-order valence-electron chi connectivity index (χ4n) is 6.02. The Bertz CT molecular complexity index is 1440. The average Bonchev–Trinajstić information content (AvgIpc) is 3.11. The van der Waals surface area contributed by atoms with Gasteiger partial charge >= 0.3 is 5.97 Å². The van der Waals surface area contributed by atoms with E-state index in [9.17, 15) is 14.4 Å². The van der Waals surface area contributed by atoms with Crippen molar-refractivity contribution < 1.29 is 19.1 Å². The van der Waals surface area contributed by atoms with Gasteiger partial charge in [0.2, 0.25) is 5.91 Å². The van der Waals surface area contributed by atoms with E-state index in [0.29, 0.717) is 25.2 Å². The first-order valence-electron chi connectivity index (χ1n) is 17.4. The molecule has 2 heterocycles. The minimum absolute atomic E-state index is 0.0585. The molecule has 0 unspecified atom stereocenters. The van der Waals surface area contributed by atoms with Crippen LogP contribution in [-0.4, -0.2) is 109 Å². The first-order valence-corrected chi connectivity index (χ1v) is 17.4. The Hall–Kier alpha value is -4.08. The summed E-state index contributed by atoms with van der Waals surface area (Å²) in [6, 6.07) is 21.9. The maximum atomic E-state index is 12.8. The Morgan fingerprint density at radius 3 is 2.29 bits per heavy atom. The zero-order valence-electron chi connectivity index (χ0n) is 29.3. The van der Waals surface area contributed by atoms with Crippen LogP contribution in [-0.2, 0) is 27.3 Å². The van der Waals surface area contributed by atoms with E-state index in [0.717, 1.165) is 87.1 Å². The SMILES string of the molecule is CCN(C)C(=O)c1ccc(CN(C)CCCCCC(=O)N(C)CCN2CCC(OC(=O)Cc3ccccc3-c3ccccc3)CC2)cn1. The lowest BCUT2D eigenvalue weighted by Gasteiger charge is -2.32. The van der Waals surface area contributed by atoms with Crippen LogP contribution in [0.3, 0.4) is 0 Å². The average molecular weight is 656 g/mol. The van der Waals surface area contributed by atoms with Crippen molar-refractivity contribution in [1.82, 2.24) is 24.6 Å². The van der Waals surface area contributed by atoms with Gasteiger partial charge in [0.05, 0.1) is 6.42 Å². The van der Waals surface area contributed by atoms with Crippen LogP contribution in [0.4, 0.5) is 0 Å².